The number of benzene rings is 1. The van der Waals surface area contributed by atoms with Gasteiger partial charge in [-0.05, 0) is 17.7 Å². The van der Waals surface area contributed by atoms with Gasteiger partial charge in [0, 0.05) is 11.6 Å². The quantitative estimate of drug-likeness (QED) is 0.756. The summed E-state index contributed by atoms with van der Waals surface area (Å²) in [5.74, 6) is -1.04. The zero-order chi connectivity index (χ0) is 11.3. The fourth-order valence-corrected chi connectivity index (χ4v) is 1.07. The third-order valence-corrected chi connectivity index (χ3v) is 1.79. The van der Waals surface area contributed by atoms with Crippen molar-refractivity contribution in [1.29, 1.82) is 5.26 Å². The van der Waals surface area contributed by atoms with E-state index in [0.29, 0.717) is 11.1 Å². The predicted molar refractivity (Wildman–Crippen MR) is 53.9 cm³/mol. The summed E-state index contributed by atoms with van der Waals surface area (Å²) >= 11 is 0. The van der Waals surface area contributed by atoms with Crippen LogP contribution in [-0.2, 0) is 11.2 Å². The van der Waals surface area contributed by atoms with Gasteiger partial charge in [-0.3, -0.25) is 4.79 Å². The number of carbonyl (C=O) groups excluding carboxylic acids is 1. The Balaban J connectivity index is 2.92. The van der Waals surface area contributed by atoms with Gasteiger partial charge in [0.2, 0.25) is 5.91 Å². The minimum absolute atomic E-state index is 0.0334. The predicted octanol–water partition coefficient (Wildman–Crippen LogP) is 1.39. The summed E-state index contributed by atoms with van der Waals surface area (Å²) in [6.45, 7) is 0. The van der Waals surface area contributed by atoms with Crippen molar-refractivity contribution in [3.63, 3.8) is 0 Å². The fourth-order valence-electron chi connectivity index (χ4n) is 1.07. The highest BCUT2D eigenvalue weighted by Crippen LogP contribution is 2.12. The van der Waals surface area contributed by atoms with Crippen LogP contribution in [0, 0.1) is 17.1 Å². The van der Waals surface area contributed by atoms with Crippen LogP contribution in [0.15, 0.2) is 24.3 Å². The van der Waals surface area contributed by atoms with Crippen LogP contribution in [0.25, 0.3) is 6.08 Å². The van der Waals surface area contributed by atoms with Crippen LogP contribution < -0.4 is 5.73 Å². The number of rotatable bonds is 3. The Morgan fingerprint density at radius 1 is 1.60 bits per heavy atom. The summed E-state index contributed by atoms with van der Waals surface area (Å²) in [5, 5.41) is 8.40. The third kappa shape index (κ3) is 3.24. The zero-order valence-electron chi connectivity index (χ0n) is 7.90. The SMILES string of the molecule is N#CCc1ccc(C=CC(N)=O)cc1F. The summed E-state index contributed by atoms with van der Waals surface area (Å²) in [4.78, 5) is 10.4. The van der Waals surface area contributed by atoms with Gasteiger partial charge < -0.3 is 5.73 Å². The number of nitrogens with two attached hydrogens (primary N) is 1. The van der Waals surface area contributed by atoms with Crippen molar-refractivity contribution in [3.8, 4) is 6.07 Å². The van der Waals surface area contributed by atoms with Crippen molar-refractivity contribution in [2.75, 3.05) is 0 Å². The first-order valence-electron chi connectivity index (χ1n) is 4.26. The van der Waals surface area contributed by atoms with Gasteiger partial charge >= 0.3 is 0 Å². The Kier molecular flexibility index (Phi) is 3.58. The standard InChI is InChI=1S/C11H9FN2O/c12-10-7-8(2-4-11(14)15)1-3-9(10)5-6-13/h1-4,7H,5H2,(H2,14,15). The molecule has 15 heavy (non-hydrogen) atoms. The van der Waals surface area contributed by atoms with E-state index in [-0.39, 0.29) is 6.42 Å². The molecule has 1 rings (SSSR count). The number of hydrogen-bond acceptors (Lipinski definition) is 2. The number of hydrogen-bond donors (Lipinski definition) is 1. The molecular formula is C11H9FN2O. The molecule has 76 valence electrons. The molecule has 0 aliphatic rings. The maximum Gasteiger partial charge on any atom is 0.241 e. The first-order chi connectivity index (χ1) is 7.13. The van der Waals surface area contributed by atoms with E-state index in [2.05, 4.69) is 0 Å². The number of amides is 1. The van der Waals surface area contributed by atoms with Gasteiger partial charge in [0.05, 0.1) is 12.5 Å². The fraction of sp³-hybridized carbons (Fsp3) is 0.0909. The maximum atomic E-state index is 13.3. The molecule has 0 spiro atoms. The molecule has 0 saturated heterocycles. The molecule has 0 heterocycles. The van der Waals surface area contributed by atoms with E-state index in [0.717, 1.165) is 6.08 Å². The summed E-state index contributed by atoms with van der Waals surface area (Å²) in [6, 6.07) is 6.25. The van der Waals surface area contributed by atoms with E-state index in [4.69, 9.17) is 11.0 Å². The van der Waals surface area contributed by atoms with Crippen LogP contribution in [0.4, 0.5) is 4.39 Å². The molecule has 0 bridgehead atoms. The Morgan fingerprint density at radius 2 is 2.33 bits per heavy atom. The summed E-state index contributed by atoms with van der Waals surface area (Å²) in [7, 11) is 0. The molecular weight excluding hydrogens is 195 g/mol. The Morgan fingerprint density at radius 3 is 2.87 bits per heavy atom. The lowest BCUT2D eigenvalue weighted by Crippen LogP contribution is -2.05. The molecule has 0 atom stereocenters. The van der Waals surface area contributed by atoms with Crippen molar-refractivity contribution in [2.45, 2.75) is 6.42 Å². The van der Waals surface area contributed by atoms with Crippen LogP contribution >= 0.6 is 0 Å². The monoisotopic (exact) mass is 204 g/mol. The highest BCUT2D eigenvalue weighted by Gasteiger charge is 2.01. The lowest BCUT2D eigenvalue weighted by atomic mass is 10.1. The minimum Gasteiger partial charge on any atom is -0.366 e. The van der Waals surface area contributed by atoms with E-state index in [1.54, 1.807) is 6.07 Å². The van der Waals surface area contributed by atoms with Crippen molar-refractivity contribution in [1.82, 2.24) is 0 Å². The zero-order valence-corrected chi connectivity index (χ0v) is 7.90. The van der Waals surface area contributed by atoms with Crippen molar-refractivity contribution in [3.05, 3.63) is 41.2 Å². The normalized spacial score (nSPS) is 10.1. The van der Waals surface area contributed by atoms with Gasteiger partial charge in [-0.25, -0.2) is 4.39 Å². The molecule has 0 unspecified atom stereocenters. The van der Waals surface area contributed by atoms with Gasteiger partial charge in [0.15, 0.2) is 0 Å². The summed E-state index contributed by atoms with van der Waals surface area (Å²) < 4.78 is 13.3. The molecule has 0 fully saturated rings. The first kappa shape index (κ1) is 10.9. The van der Waals surface area contributed by atoms with Crippen molar-refractivity contribution < 1.29 is 9.18 Å². The van der Waals surface area contributed by atoms with Crippen molar-refractivity contribution in [2.24, 2.45) is 5.73 Å². The average molecular weight is 204 g/mol. The Labute approximate surface area is 86.6 Å². The van der Waals surface area contributed by atoms with Crippen LogP contribution in [-0.4, -0.2) is 5.91 Å². The second-order valence-corrected chi connectivity index (χ2v) is 2.92. The molecule has 1 aromatic rings. The number of carbonyl (C=O) groups is 1. The molecule has 0 aliphatic heterocycles. The van der Waals surface area contributed by atoms with Gasteiger partial charge in [-0.1, -0.05) is 12.1 Å². The molecule has 4 heteroatoms. The number of nitrogens with zero attached hydrogens (tertiary/aromatic N) is 1. The van der Waals surface area contributed by atoms with Crippen molar-refractivity contribution >= 4 is 12.0 Å². The van der Waals surface area contributed by atoms with Crippen LogP contribution in [0.1, 0.15) is 11.1 Å². The highest BCUT2D eigenvalue weighted by atomic mass is 19.1. The summed E-state index contributed by atoms with van der Waals surface area (Å²) in [6.07, 6.45) is 2.60. The first-order valence-corrected chi connectivity index (χ1v) is 4.26. The maximum absolute atomic E-state index is 13.3. The Bertz CT molecular complexity index is 446. The molecule has 2 N–H and O–H groups in total. The van der Waals surface area contributed by atoms with Gasteiger partial charge in [0.25, 0.3) is 0 Å². The molecule has 3 nitrogen and oxygen atoms in total. The molecule has 0 aliphatic carbocycles. The van der Waals surface area contributed by atoms with Crippen LogP contribution in [0.5, 0.6) is 0 Å². The molecule has 0 aromatic heterocycles. The lowest BCUT2D eigenvalue weighted by Gasteiger charge is -1.99. The number of primary amides is 1. The molecule has 0 radical (unpaired) electrons. The molecule has 1 amide bonds. The topological polar surface area (TPSA) is 66.9 Å². The van der Waals surface area contributed by atoms with E-state index in [1.165, 1.54) is 18.2 Å². The molecule has 0 saturated carbocycles. The number of halogens is 1. The minimum atomic E-state index is -0.587. The van der Waals surface area contributed by atoms with Gasteiger partial charge in [-0.15, -0.1) is 0 Å². The van der Waals surface area contributed by atoms with Crippen LogP contribution in [0.2, 0.25) is 0 Å². The van der Waals surface area contributed by atoms with Gasteiger partial charge in [0.1, 0.15) is 5.82 Å². The second-order valence-electron chi connectivity index (χ2n) is 2.92. The van der Waals surface area contributed by atoms with E-state index in [9.17, 15) is 9.18 Å². The van der Waals surface area contributed by atoms with E-state index >= 15 is 0 Å². The number of nitriles is 1. The van der Waals surface area contributed by atoms with Gasteiger partial charge in [-0.2, -0.15) is 5.26 Å². The average Bonchev–Trinajstić information content (AvgIpc) is 2.19. The van der Waals surface area contributed by atoms with E-state index in [1.807, 2.05) is 6.07 Å². The highest BCUT2D eigenvalue weighted by molar-refractivity contribution is 5.90. The largest absolute Gasteiger partial charge is 0.366 e. The Hall–Kier alpha value is -2.15. The summed E-state index contributed by atoms with van der Waals surface area (Å²) in [5.41, 5.74) is 5.77. The smallest absolute Gasteiger partial charge is 0.241 e. The molecule has 1 aromatic carbocycles. The lowest BCUT2D eigenvalue weighted by molar-refractivity contribution is -0.113. The van der Waals surface area contributed by atoms with Crippen LogP contribution in [0.3, 0.4) is 0 Å². The third-order valence-electron chi connectivity index (χ3n) is 1.79. The van der Waals surface area contributed by atoms with E-state index < -0.39 is 11.7 Å². The second kappa shape index (κ2) is 4.91.